The zero-order valence-corrected chi connectivity index (χ0v) is 10.2. The van der Waals surface area contributed by atoms with E-state index in [-0.39, 0.29) is 0 Å². The Hall–Kier alpha value is -0.500. The lowest BCUT2D eigenvalue weighted by atomic mass is 10.1. The lowest BCUT2D eigenvalue weighted by Crippen LogP contribution is -1.89. The molecule has 0 aliphatic heterocycles. The molecule has 0 aromatic heterocycles. The van der Waals surface area contributed by atoms with Crippen LogP contribution in [-0.4, -0.2) is 20.3 Å². The number of hydrogen-bond acceptors (Lipinski definition) is 2. The van der Waals surface area contributed by atoms with Crippen molar-refractivity contribution in [2.45, 2.75) is 51.4 Å². The van der Waals surface area contributed by atoms with Gasteiger partial charge < -0.3 is 9.47 Å². The Balaban J connectivity index is 2.83. The highest BCUT2D eigenvalue weighted by molar-refractivity contribution is 4.50. The molecule has 0 unspecified atom stereocenters. The predicted molar refractivity (Wildman–Crippen MR) is 65.0 cm³/mol. The molecule has 0 spiro atoms. The quantitative estimate of drug-likeness (QED) is 0.362. The number of unbranched alkanes of at least 4 members (excludes halogenated alkanes) is 7. The Morgan fingerprint density at radius 2 is 1.27 bits per heavy atom. The van der Waals surface area contributed by atoms with E-state index >= 15 is 0 Å². The number of methoxy groups -OCH3 is 1. The van der Waals surface area contributed by atoms with Crippen molar-refractivity contribution in [3.05, 3.63) is 12.8 Å². The summed E-state index contributed by atoms with van der Waals surface area (Å²) in [6.45, 7) is 5.26. The molecule has 0 atom stereocenters. The second-order valence-corrected chi connectivity index (χ2v) is 3.86. The highest BCUT2D eigenvalue weighted by Gasteiger charge is 1.92. The monoisotopic (exact) mass is 214 g/mol. The maximum Gasteiger partial charge on any atom is 0.0873 e. The molecule has 0 saturated carbocycles. The van der Waals surface area contributed by atoms with Gasteiger partial charge in [0, 0.05) is 13.7 Å². The zero-order valence-electron chi connectivity index (χ0n) is 10.2. The topological polar surface area (TPSA) is 18.5 Å². The van der Waals surface area contributed by atoms with Gasteiger partial charge in [-0.15, -0.1) is 0 Å². The van der Waals surface area contributed by atoms with Gasteiger partial charge in [-0.05, 0) is 12.8 Å². The molecule has 15 heavy (non-hydrogen) atoms. The summed E-state index contributed by atoms with van der Waals surface area (Å²) < 4.78 is 10.1. The Kier molecular flexibility index (Phi) is 13.1. The van der Waals surface area contributed by atoms with E-state index in [1.807, 2.05) is 0 Å². The minimum Gasteiger partial charge on any atom is -0.502 e. The van der Waals surface area contributed by atoms with E-state index in [9.17, 15) is 0 Å². The van der Waals surface area contributed by atoms with E-state index < -0.39 is 0 Å². The van der Waals surface area contributed by atoms with Crippen LogP contribution in [0.15, 0.2) is 12.8 Å². The summed E-state index contributed by atoms with van der Waals surface area (Å²) in [7, 11) is 1.77. The molecule has 0 aliphatic rings. The molecule has 0 amide bonds. The average Bonchev–Trinajstić information content (AvgIpc) is 2.26. The summed E-state index contributed by atoms with van der Waals surface area (Å²) in [5, 5.41) is 0. The fourth-order valence-electron chi connectivity index (χ4n) is 1.58. The van der Waals surface area contributed by atoms with Crippen molar-refractivity contribution in [1.82, 2.24) is 0 Å². The van der Waals surface area contributed by atoms with E-state index in [4.69, 9.17) is 9.47 Å². The first-order valence-corrected chi connectivity index (χ1v) is 6.13. The molecule has 0 radical (unpaired) electrons. The molecule has 0 rings (SSSR count). The molecule has 0 aliphatic carbocycles. The molecule has 0 N–H and O–H groups in total. The van der Waals surface area contributed by atoms with Gasteiger partial charge in [-0.3, -0.25) is 0 Å². The van der Waals surface area contributed by atoms with Gasteiger partial charge in [0.1, 0.15) is 0 Å². The molecule has 0 saturated heterocycles. The lowest BCUT2D eigenvalue weighted by molar-refractivity contribution is 0.192. The van der Waals surface area contributed by atoms with Crippen LogP contribution in [0.1, 0.15) is 51.4 Å². The Bertz CT molecular complexity index is 124. The summed E-state index contributed by atoms with van der Waals surface area (Å²) >= 11 is 0. The maximum absolute atomic E-state index is 5.06. The second kappa shape index (κ2) is 13.5. The molecule has 2 heteroatoms. The fourth-order valence-corrected chi connectivity index (χ4v) is 1.58. The van der Waals surface area contributed by atoms with Crippen molar-refractivity contribution in [2.24, 2.45) is 0 Å². The first-order chi connectivity index (χ1) is 7.41. The molecule has 0 heterocycles. The number of hydrogen-bond donors (Lipinski definition) is 0. The molecule has 0 bridgehead atoms. The summed E-state index contributed by atoms with van der Waals surface area (Å²) in [6.07, 6.45) is 11.9. The molecule has 2 nitrogen and oxygen atoms in total. The lowest BCUT2D eigenvalue weighted by Gasteiger charge is -2.02. The van der Waals surface area contributed by atoms with Crippen molar-refractivity contribution in [3.8, 4) is 0 Å². The van der Waals surface area contributed by atoms with Crippen LogP contribution >= 0.6 is 0 Å². The first kappa shape index (κ1) is 14.5. The number of rotatable bonds is 12. The first-order valence-electron chi connectivity index (χ1n) is 6.13. The SMILES string of the molecule is C=COCCCCCCCCCCOC. The normalized spacial score (nSPS) is 10.2. The van der Waals surface area contributed by atoms with Crippen LogP contribution in [0.2, 0.25) is 0 Å². The highest BCUT2D eigenvalue weighted by atomic mass is 16.5. The Morgan fingerprint density at radius 3 is 1.73 bits per heavy atom. The van der Waals surface area contributed by atoms with Crippen LogP contribution in [0.4, 0.5) is 0 Å². The van der Waals surface area contributed by atoms with Gasteiger partial charge in [0.15, 0.2) is 0 Å². The summed E-state index contributed by atoms with van der Waals surface area (Å²) in [5.74, 6) is 0. The van der Waals surface area contributed by atoms with Gasteiger partial charge in [-0.2, -0.15) is 0 Å². The highest BCUT2D eigenvalue weighted by Crippen LogP contribution is 2.08. The smallest absolute Gasteiger partial charge is 0.0873 e. The standard InChI is InChI=1S/C13H26O2/c1-3-15-13-11-9-7-5-4-6-8-10-12-14-2/h3H,1,4-13H2,2H3. The summed E-state index contributed by atoms with van der Waals surface area (Å²) in [5.41, 5.74) is 0. The second-order valence-electron chi connectivity index (χ2n) is 3.86. The van der Waals surface area contributed by atoms with Crippen molar-refractivity contribution >= 4 is 0 Å². The van der Waals surface area contributed by atoms with Gasteiger partial charge >= 0.3 is 0 Å². The van der Waals surface area contributed by atoms with Gasteiger partial charge in [-0.1, -0.05) is 45.1 Å². The van der Waals surface area contributed by atoms with Crippen molar-refractivity contribution < 1.29 is 9.47 Å². The Morgan fingerprint density at radius 1 is 0.800 bits per heavy atom. The molecule has 0 fully saturated rings. The average molecular weight is 214 g/mol. The van der Waals surface area contributed by atoms with E-state index in [0.717, 1.165) is 19.6 Å². The van der Waals surface area contributed by atoms with Crippen LogP contribution in [0.25, 0.3) is 0 Å². The zero-order chi connectivity index (χ0) is 11.2. The Labute approximate surface area is 94.7 Å². The largest absolute Gasteiger partial charge is 0.502 e. The van der Waals surface area contributed by atoms with Crippen LogP contribution in [0.3, 0.4) is 0 Å². The van der Waals surface area contributed by atoms with Gasteiger partial charge in [-0.25, -0.2) is 0 Å². The van der Waals surface area contributed by atoms with Crippen LogP contribution in [0.5, 0.6) is 0 Å². The molecule has 0 aromatic rings. The fraction of sp³-hybridized carbons (Fsp3) is 0.846. The van der Waals surface area contributed by atoms with E-state index in [0.29, 0.717) is 0 Å². The molecule has 90 valence electrons. The van der Waals surface area contributed by atoms with Crippen molar-refractivity contribution in [2.75, 3.05) is 20.3 Å². The number of ether oxygens (including phenoxy) is 2. The maximum atomic E-state index is 5.06. The van der Waals surface area contributed by atoms with Crippen molar-refractivity contribution in [1.29, 1.82) is 0 Å². The third-order valence-electron chi connectivity index (χ3n) is 2.48. The van der Waals surface area contributed by atoms with Crippen molar-refractivity contribution in [3.63, 3.8) is 0 Å². The van der Waals surface area contributed by atoms with Gasteiger partial charge in [0.2, 0.25) is 0 Å². The summed E-state index contributed by atoms with van der Waals surface area (Å²) in [6, 6.07) is 0. The van der Waals surface area contributed by atoms with Crippen LogP contribution in [-0.2, 0) is 9.47 Å². The third-order valence-corrected chi connectivity index (χ3v) is 2.48. The van der Waals surface area contributed by atoms with Gasteiger partial charge in [0.05, 0.1) is 12.9 Å². The van der Waals surface area contributed by atoms with E-state index in [2.05, 4.69) is 6.58 Å². The van der Waals surface area contributed by atoms with E-state index in [1.54, 1.807) is 7.11 Å². The summed E-state index contributed by atoms with van der Waals surface area (Å²) in [4.78, 5) is 0. The van der Waals surface area contributed by atoms with E-state index in [1.165, 1.54) is 51.2 Å². The van der Waals surface area contributed by atoms with Gasteiger partial charge in [0.25, 0.3) is 0 Å². The predicted octanol–water partition coefficient (Wildman–Crippen LogP) is 3.91. The molecular formula is C13H26O2. The molecule has 0 aromatic carbocycles. The minimum atomic E-state index is 0.831. The van der Waals surface area contributed by atoms with Crippen LogP contribution in [0, 0.1) is 0 Å². The third kappa shape index (κ3) is 13.5. The molecular weight excluding hydrogens is 188 g/mol. The van der Waals surface area contributed by atoms with Crippen LogP contribution < -0.4 is 0 Å². The minimum absolute atomic E-state index is 0.831.